The molecule has 0 radical (unpaired) electrons. The van der Waals surface area contributed by atoms with Crippen molar-refractivity contribution in [2.75, 3.05) is 13.1 Å². The van der Waals surface area contributed by atoms with E-state index >= 15 is 0 Å². The first-order valence-electron chi connectivity index (χ1n) is 4.15. The van der Waals surface area contributed by atoms with Crippen molar-refractivity contribution in [2.24, 2.45) is 0 Å². The zero-order chi connectivity index (χ0) is 9.10. The van der Waals surface area contributed by atoms with Gasteiger partial charge in [0.2, 0.25) is 0 Å². The van der Waals surface area contributed by atoms with Crippen LogP contribution in [0, 0.1) is 0 Å². The smallest absolute Gasteiger partial charge is 0.264 e. The third-order valence-electron chi connectivity index (χ3n) is 1.98. The summed E-state index contributed by atoms with van der Waals surface area (Å²) >= 11 is 1.12. The first-order valence-corrected chi connectivity index (χ1v) is 4.92. The summed E-state index contributed by atoms with van der Waals surface area (Å²) in [6, 6.07) is 0.259. The first-order chi connectivity index (χ1) is 6.36. The van der Waals surface area contributed by atoms with Crippen LogP contribution in [0.4, 0.5) is 0 Å². The number of amides is 1. The Morgan fingerprint density at radius 2 is 2.69 bits per heavy atom. The fraction of sp³-hybridized carbons (Fsp3) is 0.571. The molecule has 0 aliphatic carbocycles. The Hall–Kier alpha value is -1.01. The third-order valence-corrected chi connectivity index (χ3v) is 2.64. The van der Waals surface area contributed by atoms with Crippen LogP contribution in [0.2, 0.25) is 0 Å². The normalized spacial score (nSPS) is 21.7. The third kappa shape index (κ3) is 2.02. The van der Waals surface area contributed by atoms with Crippen molar-refractivity contribution in [3.8, 4) is 0 Å². The number of nitrogens with zero attached hydrogens (tertiary/aromatic N) is 2. The number of carbonyl (C=O) groups excluding carboxylic acids is 1. The van der Waals surface area contributed by atoms with Crippen molar-refractivity contribution in [1.29, 1.82) is 0 Å². The lowest BCUT2D eigenvalue weighted by molar-refractivity contribution is 0.0944. The molecule has 0 saturated carbocycles. The number of hydrogen-bond acceptors (Lipinski definition) is 5. The summed E-state index contributed by atoms with van der Waals surface area (Å²) in [5.74, 6) is -0.0660. The van der Waals surface area contributed by atoms with Gasteiger partial charge in [-0.1, -0.05) is 4.49 Å². The van der Waals surface area contributed by atoms with E-state index in [0.717, 1.165) is 31.0 Å². The molecular formula is C7H10N4OS. The van der Waals surface area contributed by atoms with Gasteiger partial charge in [0.15, 0.2) is 0 Å². The van der Waals surface area contributed by atoms with Gasteiger partial charge in [-0.05, 0) is 24.5 Å². The largest absolute Gasteiger partial charge is 0.347 e. The highest BCUT2D eigenvalue weighted by molar-refractivity contribution is 7.07. The average Bonchev–Trinajstić information content (AvgIpc) is 2.74. The summed E-state index contributed by atoms with van der Waals surface area (Å²) in [5, 5.41) is 9.70. The van der Waals surface area contributed by atoms with Gasteiger partial charge in [-0.2, -0.15) is 0 Å². The summed E-state index contributed by atoms with van der Waals surface area (Å²) in [5.41, 5.74) is 0. The van der Waals surface area contributed by atoms with Gasteiger partial charge >= 0.3 is 0 Å². The Balaban J connectivity index is 1.91. The standard InChI is InChI=1S/C7H10N4OS/c12-7(6-4-9-11-13-6)10-5-1-2-8-3-5/h4-5,8H,1-3H2,(H,10,12)/t5-/m0/s1. The van der Waals surface area contributed by atoms with Crippen molar-refractivity contribution in [1.82, 2.24) is 20.2 Å². The molecular weight excluding hydrogens is 188 g/mol. The minimum atomic E-state index is -0.0660. The molecule has 2 heterocycles. The predicted octanol–water partition coefficient (Wildman–Crippen LogP) is -0.370. The molecule has 2 rings (SSSR count). The van der Waals surface area contributed by atoms with Gasteiger partial charge in [0, 0.05) is 12.6 Å². The number of rotatable bonds is 2. The fourth-order valence-electron chi connectivity index (χ4n) is 1.30. The Bertz CT molecular complexity index is 281. The molecule has 1 aromatic heterocycles. The predicted molar refractivity (Wildman–Crippen MR) is 48.6 cm³/mol. The Labute approximate surface area is 79.7 Å². The Morgan fingerprint density at radius 3 is 3.31 bits per heavy atom. The van der Waals surface area contributed by atoms with Gasteiger partial charge in [0.25, 0.3) is 5.91 Å². The van der Waals surface area contributed by atoms with E-state index in [4.69, 9.17) is 0 Å². The van der Waals surface area contributed by atoms with Crippen molar-refractivity contribution in [2.45, 2.75) is 12.5 Å². The van der Waals surface area contributed by atoms with Gasteiger partial charge in [0.05, 0.1) is 6.20 Å². The SMILES string of the molecule is O=C(N[C@H]1CCNC1)c1cnns1. The molecule has 0 unspecified atom stereocenters. The fourth-order valence-corrected chi connectivity index (χ4v) is 1.72. The molecule has 1 aliphatic heterocycles. The molecule has 1 saturated heterocycles. The molecule has 70 valence electrons. The molecule has 5 nitrogen and oxygen atoms in total. The zero-order valence-corrected chi connectivity index (χ0v) is 7.80. The molecule has 0 aromatic carbocycles. The highest BCUT2D eigenvalue weighted by Gasteiger charge is 2.18. The van der Waals surface area contributed by atoms with E-state index in [1.165, 1.54) is 6.20 Å². The molecule has 2 N–H and O–H groups in total. The Kier molecular flexibility index (Phi) is 2.51. The lowest BCUT2D eigenvalue weighted by Gasteiger charge is -2.08. The van der Waals surface area contributed by atoms with Crippen LogP contribution in [0.1, 0.15) is 16.1 Å². The second-order valence-electron chi connectivity index (χ2n) is 2.94. The first kappa shape index (κ1) is 8.58. The molecule has 1 atom stereocenters. The lowest BCUT2D eigenvalue weighted by atomic mass is 10.2. The number of hydrogen-bond donors (Lipinski definition) is 2. The van der Waals surface area contributed by atoms with Crippen LogP contribution in [0.5, 0.6) is 0 Å². The highest BCUT2D eigenvalue weighted by atomic mass is 32.1. The van der Waals surface area contributed by atoms with E-state index in [1.54, 1.807) is 0 Å². The summed E-state index contributed by atoms with van der Waals surface area (Å²) in [6.07, 6.45) is 2.49. The van der Waals surface area contributed by atoms with Crippen molar-refractivity contribution in [3.05, 3.63) is 11.1 Å². The lowest BCUT2D eigenvalue weighted by Crippen LogP contribution is -2.35. The number of carbonyl (C=O) groups is 1. The number of aromatic nitrogens is 2. The van der Waals surface area contributed by atoms with E-state index in [0.29, 0.717) is 4.88 Å². The van der Waals surface area contributed by atoms with Gasteiger partial charge in [-0.15, -0.1) is 5.10 Å². The highest BCUT2D eigenvalue weighted by Crippen LogP contribution is 2.04. The topological polar surface area (TPSA) is 66.9 Å². The maximum Gasteiger partial charge on any atom is 0.264 e. The van der Waals surface area contributed by atoms with Crippen LogP contribution >= 0.6 is 11.5 Å². The summed E-state index contributed by atoms with van der Waals surface area (Å²) in [7, 11) is 0. The Morgan fingerprint density at radius 1 is 1.77 bits per heavy atom. The average molecular weight is 198 g/mol. The minimum absolute atomic E-state index is 0.0660. The van der Waals surface area contributed by atoms with E-state index in [9.17, 15) is 4.79 Å². The molecule has 1 aliphatic rings. The molecule has 0 bridgehead atoms. The van der Waals surface area contributed by atoms with Crippen LogP contribution in [-0.2, 0) is 0 Å². The molecule has 1 amide bonds. The van der Waals surface area contributed by atoms with E-state index in [1.807, 2.05) is 0 Å². The van der Waals surface area contributed by atoms with Gasteiger partial charge in [-0.25, -0.2) is 0 Å². The van der Waals surface area contributed by atoms with Gasteiger partial charge < -0.3 is 10.6 Å². The van der Waals surface area contributed by atoms with Crippen molar-refractivity contribution < 1.29 is 4.79 Å². The van der Waals surface area contributed by atoms with Gasteiger partial charge in [-0.3, -0.25) is 4.79 Å². The molecule has 0 spiro atoms. The van der Waals surface area contributed by atoms with E-state index in [2.05, 4.69) is 20.2 Å². The monoisotopic (exact) mass is 198 g/mol. The van der Waals surface area contributed by atoms with Crippen LogP contribution < -0.4 is 10.6 Å². The van der Waals surface area contributed by atoms with Gasteiger partial charge in [0.1, 0.15) is 4.88 Å². The van der Waals surface area contributed by atoms with Crippen molar-refractivity contribution in [3.63, 3.8) is 0 Å². The van der Waals surface area contributed by atoms with Crippen molar-refractivity contribution >= 4 is 17.4 Å². The maximum atomic E-state index is 11.5. The summed E-state index contributed by atoms with van der Waals surface area (Å²) in [6.45, 7) is 1.84. The second-order valence-corrected chi connectivity index (χ2v) is 3.73. The molecule has 1 aromatic rings. The van der Waals surface area contributed by atoms with E-state index < -0.39 is 0 Å². The maximum absolute atomic E-state index is 11.5. The second kappa shape index (κ2) is 3.80. The van der Waals surface area contributed by atoms with E-state index in [-0.39, 0.29) is 11.9 Å². The summed E-state index contributed by atoms with van der Waals surface area (Å²) in [4.78, 5) is 12.0. The van der Waals surface area contributed by atoms with Crippen LogP contribution in [0.3, 0.4) is 0 Å². The molecule has 1 fully saturated rings. The quantitative estimate of drug-likeness (QED) is 0.680. The summed E-state index contributed by atoms with van der Waals surface area (Å²) < 4.78 is 3.63. The number of nitrogens with one attached hydrogen (secondary N) is 2. The molecule has 6 heteroatoms. The van der Waals surface area contributed by atoms with Crippen LogP contribution in [0.15, 0.2) is 6.20 Å². The zero-order valence-electron chi connectivity index (χ0n) is 6.99. The molecule has 13 heavy (non-hydrogen) atoms. The van der Waals surface area contributed by atoms with Crippen LogP contribution in [-0.4, -0.2) is 34.6 Å². The van der Waals surface area contributed by atoms with Crippen LogP contribution in [0.25, 0.3) is 0 Å². The minimum Gasteiger partial charge on any atom is -0.347 e.